The summed E-state index contributed by atoms with van der Waals surface area (Å²) in [6, 6.07) is 0. The number of rotatable bonds is 3. The van der Waals surface area contributed by atoms with Gasteiger partial charge in [0.05, 0.1) is 6.42 Å². The first-order valence-electron chi connectivity index (χ1n) is 5.08. The highest BCUT2D eigenvalue weighted by Crippen LogP contribution is 2.29. The van der Waals surface area contributed by atoms with E-state index in [0.717, 1.165) is 0 Å². The Morgan fingerprint density at radius 3 is 2.54 bits per heavy atom. The summed E-state index contributed by atoms with van der Waals surface area (Å²) < 4.78 is 0. The van der Waals surface area contributed by atoms with Crippen LogP contribution in [0.5, 0.6) is 0 Å². The van der Waals surface area contributed by atoms with Gasteiger partial charge in [0.2, 0.25) is 0 Å². The van der Waals surface area contributed by atoms with E-state index in [1.165, 1.54) is 37.7 Å². The maximum absolute atomic E-state index is 10.3. The highest BCUT2D eigenvalue weighted by atomic mass is 16.4. The van der Waals surface area contributed by atoms with Crippen LogP contribution in [0.1, 0.15) is 45.4 Å². The molecule has 2 heteroatoms. The van der Waals surface area contributed by atoms with Gasteiger partial charge in [0.1, 0.15) is 0 Å². The molecular formula is C11H18O2. The topological polar surface area (TPSA) is 37.3 Å². The molecule has 1 rings (SSSR count). The summed E-state index contributed by atoms with van der Waals surface area (Å²) in [7, 11) is 0. The Labute approximate surface area is 79.6 Å². The fourth-order valence-corrected chi connectivity index (χ4v) is 1.97. The van der Waals surface area contributed by atoms with Crippen LogP contribution in [-0.4, -0.2) is 11.1 Å². The second-order valence-electron chi connectivity index (χ2n) is 3.88. The van der Waals surface area contributed by atoms with Gasteiger partial charge in [-0.25, -0.2) is 0 Å². The number of aliphatic carboxylic acids is 1. The van der Waals surface area contributed by atoms with Crippen molar-refractivity contribution in [3.63, 3.8) is 0 Å². The van der Waals surface area contributed by atoms with Gasteiger partial charge < -0.3 is 5.11 Å². The van der Waals surface area contributed by atoms with Gasteiger partial charge in [-0.15, -0.1) is 0 Å². The predicted molar refractivity (Wildman–Crippen MR) is 52.6 cm³/mol. The predicted octanol–water partition coefficient (Wildman–Crippen LogP) is 2.99. The van der Waals surface area contributed by atoms with Gasteiger partial charge in [0, 0.05) is 0 Å². The molecule has 1 fully saturated rings. The molecule has 0 aromatic carbocycles. The number of hydrogen-bond acceptors (Lipinski definition) is 1. The standard InChI is InChI=1S/C11H18O2/c1-9(7-8-11(12)13)10-5-3-2-4-6-10/h7,10H,2-6,8H2,1H3,(H,12,13)/b9-7+. The summed E-state index contributed by atoms with van der Waals surface area (Å²) in [6.45, 7) is 2.07. The monoisotopic (exact) mass is 182 g/mol. The average Bonchev–Trinajstić information content (AvgIpc) is 2.15. The summed E-state index contributed by atoms with van der Waals surface area (Å²) in [5, 5.41) is 8.52. The Balaban J connectivity index is 2.39. The number of carboxylic acids is 1. The van der Waals surface area contributed by atoms with Gasteiger partial charge >= 0.3 is 5.97 Å². The highest BCUT2D eigenvalue weighted by molar-refractivity contribution is 5.68. The van der Waals surface area contributed by atoms with Crippen molar-refractivity contribution in [3.8, 4) is 0 Å². The van der Waals surface area contributed by atoms with Crippen molar-refractivity contribution in [1.82, 2.24) is 0 Å². The molecule has 0 heterocycles. The number of carboxylic acid groups (broad SMARTS) is 1. The summed E-state index contributed by atoms with van der Waals surface area (Å²) in [6.07, 6.45) is 8.53. The van der Waals surface area contributed by atoms with E-state index in [1.54, 1.807) is 0 Å². The second kappa shape index (κ2) is 5.05. The first-order valence-corrected chi connectivity index (χ1v) is 5.08. The third-order valence-electron chi connectivity index (χ3n) is 2.85. The van der Waals surface area contributed by atoms with E-state index in [1.807, 2.05) is 6.08 Å². The average molecular weight is 182 g/mol. The molecule has 74 valence electrons. The number of carbonyl (C=O) groups is 1. The quantitative estimate of drug-likeness (QED) is 0.681. The summed E-state index contributed by atoms with van der Waals surface area (Å²) in [5.41, 5.74) is 1.28. The minimum atomic E-state index is -0.727. The molecule has 0 spiro atoms. The lowest BCUT2D eigenvalue weighted by Crippen LogP contribution is -2.07. The molecular weight excluding hydrogens is 164 g/mol. The van der Waals surface area contributed by atoms with Crippen LogP contribution in [0, 0.1) is 5.92 Å². The zero-order valence-corrected chi connectivity index (χ0v) is 8.25. The third-order valence-corrected chi connectivity index (χ3v) is 2.85. The third kappa shape index (κ3) is 3.62. The molecule has 0 amide bonds. The molecule has 0 atom stereocenters. The second-order valence-corrected chi connectivity index (χ2v) is 3.88. The van der Waals surface area contributed by atoms with Crippen molar-refractivity contribution >= 4 is 5.97 Å². The number of hydrogen-bond donors (Lipinski definition) is 1. The highest BCUT2D eigenvalue weighted by Gasteiger charge is 2.14. The Morgan fingerprint density at radius 2 is 2.00 bits per heavy atom. The van der Waals surface area contributed by atoms with Crippen LogP contribution in [0.2, 0.25) is 0 Å². The van der Waals surface area contributed by atoms with E-state index in [4.69, 9.17) is 5.11 Å². The van der Waals surface area contributed by atoms with Gasteiger partial charge in [0.25, 0.3) is 0 Å². The van der Waals surface area contributed by atoms with Crippen molar-refractivity contribution in [3.05, 3.63) is 11.6 Å². The van der Waals surface area contributed by atoms with Gasteiger partial charge in [-0.1, -0.05) is 30.9 Å². The molecule has 1 aliphatic rings. The molecule has 0 bridgehead atoms. The van der Waals surface area contributed by atoms with E-state index >= 15 is 0 Å². The lowest BCUT2D eigenvalue weighted by molar-refractivity contribution is -0.136. The van der Waals surface area contributed by atoms with Crippen LogP contribution in [-0.2, 0) is 4.79 Å². The lowest BCUT2D eigenvalue weighted by atomic mass is 9.84. The summed E-state index contributed by atoms with van der Waals surface area (Å²) in [5.74, 6) is -0.0664. The molecule has 0 saturated heterocycles. The molecule has 13 heavy (non-hydrogen) atoms. The van der Waals surface area contributed by atoms with Crippen LogP contribution in [0.4, 0.5) is 0 Å². The molecule has 0 aromatic rings. The molecule has 0 aromatic heterocycles. The zero-order chi connectivity index (χ0) is 9.68. The normalized spacial score (nSPS) is 20.2. The summed E-state index contributed by atoms with van der Waals surface area (Å²) >= 11 is 0. The van der Waals surface area contributed by atoms with Crippen LogP contribution in [0.25, 0.3) is 0 Å². The Kier molecular flexibility index (Phi) is 4.00. The maximum atomic E-state index is 10.3. The molecule has 0 aliphatic heterocycles. The van der Waals surface area contributed by atoms with Gasteiger partial charge in [-0.05, 0) is 25.7 Å². The minimum Gasteiger partial charge on any atom is -0.481 e. The van der Waals surface area contributed by atoms with Crippen LogP contribution in [0.3, 0.4) is 0 Å². The van der Waals surface area contributed by atoms with E-state index in [9.17, 15) is 4.79 Å². The van der Waals surface area contributed by atoms with Crippen LogP contribution < -0.4 is 0 Å². The van der Waals surface area contributed by atoms with Crippen molar-refractivity contribution < 1.29 is 9.90 Å². The van der Waals surface area contributed by atoms with Crippen molar-refractivity contribution in [2.75, 3.05) is 0 Å². The molecule has 1 aliphatic carbocycles. The first kappa shape index (κ1) is 10.3. The van der Waals surface area contributed by atoms with Gasteiger partial charge in [-0.2, -0.15) is 0 Å². The Bertz CT molecular complexity index is 200. The van der Waals surface area contributed by atoms with Crippen molar-refractivity contribution in [2.24, 2.45) is 5.92 Å². The molecule has 1 N–H and O–H groups in total. The Hall–Kier alpha value is -0.790. The largest absolute Gasteiger partial charge is 0.481 e. The van der Waals surface area contributed by atoms with Crippen molar-refractivity contribution in [2.45, 2.75) is 45.4 Å². The lowest BCUT2D eigenvalue weighted by Gasteiger charge is -2.22. The molecule has 1 saturated carbocycles. The fraction of sp³-hybridized carbons (Fsp3) is 0.727. The van der Waals surface area contributed by atoms with Crippen LogP contribution >= 0.6 is 0 Å². The molecule has 0 unspecified atom stereocenters. The van der Waals surface area contributed by atoms with E-state index in [2.05, 4.69) is 6.92 Å². The van der Waals surface area contributed by atoms with E-state index in [0.29, 0.717) is 5.92 Å². The smallest absolute Gasteiger partial charge is 0.307 e. The SMILES string of the molecule is C/C(=C\CC(=O)O)C1CCCCC1. The Morgan fingerprint density at radius 1 is 1.38 bits per heavy atom. The van der Waals surface area contributed by atoms with Crippen LogP contribution in [0.15, 0.2) is 11.6 Å². The minimum absolute atomic E-state index is 0.183. The van der Waals surface area contributed by atoms with Gasteiger partial charge in [0.15, 0.2) is 0 Å². The van der Waals surface area contributed by atoms with Gasteiger partial charge in [-0.3, -0.25) is 4.79 Å². The fourth-order valence-electron chi connectivity index (χ4n) is 1.97. The zero-order valence-electron chi connectivity index (χ0n) is 8.25. The summed E-state index contributed by atoms with van der Waals surface area (Å²) in [4.78, 5) is 10.3. The van der Waals surface area contributed by atoms with Crippen molar-refractivity contribution in [1.29, 1.82) is 0 Å². The first-order chi connectivity index (χ1) is 6.20. The maximum Gasteiger partial charge on any atom is 0.307 e. The van der Waals surface area contributed by atoms with E-state index < -0.39 is 5.97 Å². The molecule has 2 nitrogen and oxygen atoms in total. The number of allylic oxidation sites excluding steroid dienone is 1. The molecule has 0 radical (unpaired) electrons. The van der Waals surface area contributed by atoms with E-state index in [-0.39, 0.29) is 6.42 Å².